The lowest BCUT2D eigenvalue weighted by molar-refractivity contribution is -0.138. The van der Waals surface area contributed by atoms with E-state index in [0.29, 0.717) is 33.7 Å². The van der Waals surface area contributed by atoms with Crippen LogP contribution in [0.15, 0.2) is 87.5 Å². The molecule has 2 heterocycles. The fraction of sp³-hybridized carbons (Fsp3) is 0.207. The number of nitrogens with one attached hydrogen (secondary N) is 2. The Hall–Kier alpha value is -4.62. The topological polar surface area (TPSA) is 123 Å². The Kier molecular flexibility index (Phi) is 8.97. The summed E-state index contributed by atoms with van der Waals surface area (Å²) in [6.45, 7) is 1.88. The number of anilines is 1. The van der Waals surface area contributed by atoms with Crippen LogP contribution in [0, 0.1) is 11.3 Å². The minimum atomic E-state index is -0.826. The third-order valence-electron chi connectivity index (χ3n) is 5.87. The number of carbonyl (C=O) groups excluding carboxylic acids is 2. The van der Waals surface area contributed by atoms with Crippen molar-refractivity contribution in [3.63, 3.8) is 0 Å². The fourth-order valence-electron chi connectivity index (χ4n) is 4.12. The number of benzene rings is 2. The van der Waals surface area contributed by atoms with Crippen molar-refractivity contribution in [2.45, 2.75) is 12.8 Å². The molecule has 4 rings (SSSR count). The van der Waals surface area contributed by atoms with E-state index in [-0.39, 0.29) is 29.4 Å². The molecule has 200 valence electrons. The average molecular weight is 546 g/mol. The molecule has 9 nitrogen and oxygen atoms in total. The zero-order chi connectivity index (χ0) is 27.8. The molecule has 0 fully saturated rings. The Balaban J connectivity index is 1.68. The summed E-state index contributed by atoms with van der Waals surface area (Å²) >= 11 is 1.15. The fourth-order valence-corrected chi connectivity index (χ4v) is 4.97. The minimum Gasteiger partial charge on any atom is -0.497 e. The highest BCUT2D eigenvalue weighted by molar-refractivity contribution is 8.03. The zero-order valence-electron chi connectivity index (χ0n) is 21.6. The molecule has 39 heavy (non-hydrogen) atoms. The molecule has 3 aromatic rings. The van der Waals surface area contributed by atoms with Crippen molar-refractivity contribution in [3.8, 4) is 17.6 Å². The van der Waals surface area contributed by atoms with Gasteiger partial charge in [0.15, 0.2) is 0 Å². The normalized spacial score (nSPS) is 14.8. The van der Waals surface area contributed by atoms with Gasteiger partial charge in [-0.1, -0.05) is 42.1 Å². The molecule has 0 saturated heterocycles. The maximum absolute atomic E-state index is 13.2. The zero-order valence-corrected chi connectivity index (χ0v) is 22.5. The van der Waals surface area contributed by atoms with Crippen molar-refractivity contribution in [1.82, 2.24) is 5.32 Å². The van der Waals surface area contributed by atoms with Gasteiger partial charge in [0.1, 0.15) is 17.3 Å². The highest BCUT2D eigenvalue weighted by Crippen LogP contribution is 2.43. The lowest BCUT2D eigenvalue weighted by atomic mass is 9.84. The van der Waals surface area contributed by atoms with Crippen LogP contribution < -0.4 is 20.1 Å². The Morgan fingerprint density at radius 2 is 1.90 bits per heavy atom. The van der Waals surface area contributed by atoms with Gasteiger partial charge in [-0.2, -0.15) is 5.26 Å². The maximum Gasteiger partial charge on any atom is 0.337 e. The highest BCUT2D eigenvalue weighted by Gasteiger charge is 2.39. The van der Waals surface area contributed by atoms with E-state index in [1.165, 1.54) is 13.4 Å². The van der Waals surface area contributed by atoms with E-state index in [9.17, 15) is 14.9 Å². The number of hydrogen-bond acceptors (Lipinski definition) is 9. The van der Waals surface area contributed by atoms with E-state index in [4.69, 9.17) is 18.6 Å². The van der Waals surface area contributed by atoms with E-state index < -0.39 is 11.9 Å². The van der Waals surface area contributed by atoms with E-state index in [1.54, 1.807) is 44.4 Å². The molecule has 0 radical (unpaired) electrons. The van der Waals surface area contributed by atoms with Gasteiger partial charge in [-0.3, -0.25) is 4.79 Å². The number of furan rings is 1. The molecule has 1 aromatic heterocycles. The van der Waals surface area contributed by atoms with Gasteiger partial charge in [0.2, 0.25) is 5.91 Å². The highest BCUT2D eigenvalue weighted by atomic mass is 32.2. The van der Waals surface area contributed by atoms with Gasteiger partial charge in [0, 0.05) is 6.07 Å². The lowest BCUT2D eigenvalue weighted by Gasteiger charge is -2.29. The number of thioether (sulfide) groups is 1. The molecule has 0 unspecified atom stereocenters. The quantitative estimate of drug-likeness (QED) is 0.336. The molecule has 10 heteroatoms. The van der Waals surface area contributed by atoms with Gasteiger partial charge in [-0.15, -0.1) is 0 Å². The summed E-state index contributed by atoms with van der Waals surface area (Å²) in [5.74, 6) is -0.271. The van der Waals surface area contributed by atoms with Gasteiger partial charge < -0.3 is 29.3 Å². The first-order chi connectivity index (χ1) is 19.0. The molecule has 2 aromatic carbocycles. The SMILES string of the molecule is CCOC(=O)C1=C(c2ccccc2)NC(SCC(=O)Nc2ccc(OC)cc2OC)=C(C#N)[C@H]1c1ccco1. The summed E-state index contributed by atoms with van der Waals surface area (Å²) in [4.78, 5) is 26.2. The third kappa shape index (κ3) is 6.10. The van der Waals surface area contributed by atoms with Crippen LogP contribution in [0.1, 0.15) is 24.2 Å². The molecule has 0 spiro atoms. The number of allylic oxidation sites excluding steroid dienone is 1. The molecule has 2 N–H and O–H groups in total. The van der Waals surface area contributed by atoms with Crippen LogP contribution in [-0.2, 0) is 14.3 Å². The summed E-state index contributed by atoms with van der Waals surface area (Å²) in [7, 11) is 3.05. The monoisotopic (exact) mass is 545 g/mol. The largest absolute Gasteiger partial charge is 0.497 e. The Morgan fingerprint density at radius 1 is 1.10 bits per heavy atom. The number of carbonyl (C=O) groups is 2. The molecule has 1 aliphatic heterocycles. The van der Waals surface area contributed by atoms with E-state index in [1.807, 2.05) is 30.3 Å². The predicted octanol–water partition coefficient (Wildman–Crippen LogP) is 5.07. The van der Waals surface area contributed by atoms with Gasteiger partial charge in [-0.05, 0) is 36.8 Å². The van der Waals surface area contributed by atoms with Crippen molar-refractivity contribution in [3.05, 3.63) is 94.4 Å². The number of amides is 1. The second-order valence-electron chi connectivity index (χ2n) is 8.21. The molecule has 0 saturated carbocycles. The smallest absolute Gasteiger partial charge is 0.337 e. The van der Waals surface area contributed by atoms with Crippen LogP contribution >= 0.6 is 11.8 Å². The summed E-state index contributed by atoms with van der Waals surface area (Å²) in [6, 6.07) is 20.0. The second-order valence-corrected chi connectivity index (χ2v) is 9.19. The number of nitrogens with zero attached hydrogens (tertiary/aromatic N) is 1. The van der Waals surface area contributed by atoms with Crippen molar-refractivity contribution in [2.75, 3.05) is 31.9 Å². The van der Waals surface area contributed by atoms with Crippen molar-refractivity contribution in [2.24, 2.45) is 0 Å². The summed E-state index contributed by atoms with van der Waals surface area (Å²) in [5, 5.41) is 16.7. The molecule has 1 aliphatic rings. The Morgan fingerprint density at radius 3 is 2.54 bits per heavy atom. The molecular weight excluding hydrogens is 518 g/mol. The van der Waals surface area contributed by atoms with E-state index >= 15 is 0 Å². The lowest BCUT2D eigenvalue weighted by Crippen LogP contribution is -2.29. The number of methoxy groups -OCH3 is 2. The van der Waals surface area contributed by atoms with Crippen LogP contribution in [0.2, 0.25) is 0 Å². The Bertz CT molecular complexity index is 1440. The first kappa shape index (κ1) is 27.4. The van der Waals surface area contributed by atoms with E-state index in [2.05, 4.69) is 16.7 Å². The van der Waals surface area contributed by atoms with Crippen LogP contribution in [0.4, 0.5) is 5.69 Å². The number of esters is 1. The minimum absolute atomic E-state index is 0.0234. The molecule has 1 amide bonds. The average Bonchev–Trinajstić information content (AvgIpc) is 3.50. The van der Waals surface area contributed by atoms with Gasteiger partial charge in [0.25, 0.3) is 0 Å². The summed E-state index contributed by atoms with van der Waals surface area (Å²) in [6.07, 6.45) is 1.49. The Labute approximate surface area is 230 Å². The summed E-state index contributed by atoms with van der Waals surface area (Å²) in [5.41, 5.74) is 2.19. The van der Waals surface area contributed by atoms with Crippen molar-refractivity contribution >= 4 is 35.0 Å². The third-order valence-corrected chi connectivity index (χ3v) is 6.88. The predicted molar refractivity (Wildman–Crippen MR) is 148 cm³/mol. The van der Waals surface area contributed by atoms with Crippen LogP contribution in [-0.4, -0.2) is 38.5 Å². The van der Waals surface area contributed by atoms with Crippen molar-refractivity contribution < 1.29 is 28.2 Å². The molecule has 0 bridgehead atoms. The number of hydrogen-bond donors (Lipinski definition) is 2. The molecular formula is C29H27N3O6S. The van der Waals surface area contributed by atoms with Crippen LogP contribution in [0.5, 0.6) is 11.5 Å². The number of rotatable bonds is 10. The number of nitriles is 1. The maximum atomic E-state index is 13.2. The second kappa shape index (κ2) is 12.8. The first-order valence-electron chi connectivity index (χ1n) is 12.1. The first-order valence-corrected chi connectivity index (χ1v) is 13.0. The standard InChI is InChI=1S/C29H27N3O6S/c1-4-37-29(34)26-25(22-11-8-14-38-22)20(16-30)28(32-27(26)18-9-6-5-7-10-18)39-17-24(33)31-21-13-12-19(35-2)15-23(21)36-3/h5-15,25,32H,4,17H2,1-3H3,(H,31,33)/t25-/m0/s1. The van der Waals surface area contributed by atoms with Crippen LogP contribution in [0.3, 0.4) is 0 Å². The van der Waals surface area contributed by atoms with E-state index in [0.717, 1.165) is 17.3 Å². The van der Waals surface area contributed by atoms with Crippen molar-refractivity contribution in [1.29, 1.82) is 5.26 Å². The van der Waals surface area contributed by atoms with Gasteiger partial charge >= 0.3 is 5.97 Å². The van der Waals surface area contributed by atoms with Gasteiger partial charge in [-0.25, -0.2) is 4.79 Å². The molecule has 1 atom stereocenters. The number of dihydropyridines is 1. The summed E-state index contributed by atoms with van der Waals surface area (Å²) < 4.78 is 21.6. The number of ether oxygens (including phenoxy) is 3. The van der Waals surface area contributed by atoms with Gasteiger partial charge in [0.05, 0.1) is 72.4 Å². The molecule has 0 aliphatic carbocycles. The van der Waals surface area contributed by atoms with Crippen LogP contribution in [0.25, 0.3) is 5.70 Å².